The van der Waals surface area contributed by atoms with Crippen LogP contribution in [-0.4, -0.2) is 32.0 Å². The lowest BCUT2D eigenvalue weighted by atomic mass is 10.0. The van der Waals surface area contributed by atoms with E-state index in [2.05, 4.69) is 38.1 Å². The van der Waals surface area contributed by atoms with Crippen LogP contribution >= 0.6 is 23.8 Å². The van der Waals surface area contributed by atoms with Gasteiger partial charge in [0.15, 0.2) is 5.11 Å². The lowest BCUT2D eigenvalue weighted by molar-refractivity contribution is -0.116. The van der Waals surface area contributed by atoms with Crippen LogP contribution in [0.5, 0.6) is 0 Å². The van der Waals surface area contributed by atoms with E-state index in [1.54, 1.807) is 6.20 Å². The first kappa shape index (κ1) is 25.0. The summed E-state index contributed by atoms with van der Waals surface area (Å²) in [6.07, 6.45) is 4.95. The number of pyridine rings is 1. The molecular formula is C29H28ClN5OS. The predicted molar refractivity (Wildman–Crippen MR) is 152 cm³/mol. The van der Waals surface area contributed by atoms with E-state index in [-0.39, 0.29) is 18.0 Å². The van der Waals surface area contributed by atoms with E-state index in [1.807, 2.05) is 79.0 Å². The first-order chi connectivity index (χ1) is 18.0. The highest BCUT2D eigenvalue weighted by molar-refractivity contribution is 7.80. The monoisotopic (exact) mass is 529 g/mol. The minimum atomic E-state index is -0.176. The molecule has 2 aromatic heterocycles. The van der Waals surface area contributed by atoms with Crippen molar-refractivity contribution in [3.05, 3.63) is 113 Å². The molecule has 0 saturated carbocycles. The van der Waals surface area contributed by atoms with Crippen molar-refractivity contribution in [2.24, 2.45) is 0 Å². The SMILES string of the molecule is CCc1ccccc1NC(=O)CCN1C(=S)N[C@@H](c2ccccn2)[C@H]1c1cccn1-c1cccc(Cl)c1. The minimum Gasteiger partial charge on any atom is -0.352 e. The Hall–Kier alpha value is -3.68. The van der Waals surface area contributed by atoms with Crippen LogP contribution in [0.4, 0.5) is 5.69 Å². The van der Waals surface area contributed by atoms with Crippen molar-refractivity contribution < 1.29 is 4.79 Å². The maximum atomic E-state index is 13.0. The summed E-state index contributed by atoms with van der Waals surface area (Å²) < 4.78 is 2.12. The standard InChI is InChI=1S/C29H28ClN5OS/c1-2-20-9-3-4-12-23(20)32-26(36)15-18-35-28(27(33-29(35)37)24-13-5-6-16-31-24)25-14-8-17-34(25)22-11-7-10-21(30)19-22/h3-14,16-17,19,27-28H,2,15,18H2,1H3,(H,32,36)(H,33,37)/t27-,28+/m0/s1. The van der Waals surface area contributed by atoms with Crippen molar-refractivity contribution in [2.75, 3.05) is 11.9 Å². The molecule has 37 heavy (non-hydrogen) atoms. The van der Waals surface area contributed by atoms with Gasteiger partial charge in [0, 0.05) is 47.5 Å². The smallest absolute Gasteiger partial charge is 0.226 e. The van der Waals surface area contributed by atoms with Crippen LogP contribution in [0.1, 0.15) is 42.4 Å². The summed E-state index contributed by atoms with van der Waals surface area (Å²) in [7, 11) is 0. The number of hydrogen-bond acceptors (Lipinski definition) is 3. The molecule has 2 N–H and O–H groups in total. The molecule has 1 saturated heterocycles. The lowest BCUT2D eigenvalue weighted by Crippen LogP contribution is -2.33. The molecule has 1 amide bonds. The van der Waals surface area contributed by atoms with Crippen LogP contribution in [0.3, 0.4) is 0 Å². The number of thiocarbonyl (C=S) groups is 1. The number of nitrogens with zero attached hydrogens (tertiary/aromatic N) is 3. The Morgan fingerprint density at radius 1 is 1.08 bits per heavy atom. The number of halogens is 1. The van der Waals surface area contributed by atoms with Gasteiger partial charge in [0.05, 0.1) is 17.8 Å². The molecule has 2 atom stereocenters. The van der Waals surface area contributed by atoms with Crippen molar-refractivity contribution in [2.45, 2.75) is 31.8 Å². The molecule has 2 aromatic carbocycles. The van der Waals surface area contributed by atoms with E-state index in [9.17, 15) is 4.79 Å². The fourth-order valence-electron chi connectivity index (χ4n) is 4.85. The Balaban J connectivity index is 1.44. The fraction of sp³-hybridized carbons (Fsp3) is 0.207. The van der Waals surface area contributed by atoms with Gasteiger partial charge in [-0.1, -0.05) is 48.9 Å². The molecule has 6 nitrogen and oxygen atoms in total. The Labute approximate surface area is 227 Å². The van der Waals surface area contributed by atoms with Gasteiger partial charge in [0.1, 0.15) is 0 Å². The van der Waals surface area contributed by atoms with Gasteiger partial charge in [0.25, 0.3) is 0 Å². The summed E-state index contributed by atoms with van der Waals surface area (Å²) >= 11 is 12.1. The highest BCUT2D eigenvalue weighted by atomic mass is 35.5. The number of rotatable bonds is 8. The van der Waals surface area contributed by atoms with Gasteiger partial charge in [-0.3, -0.25) is 9.78 Å². The molecule has 8 heteroatoms. The van der Waals surface area contributed by atoms with Crippen molar-refractivity contribution >= 4 is 40.5 Å². The third-order valence-electron chi connectivity index (χ3n) is 6.62. The zero-order chi connectivity index (χ0) is 25.8. The third-order valence-corrected chi connectivity index (χ3v) is 7.21. The molecule has 1 aliphatic heterocycles. The van der Waals surface area contributed by atoms with Gasteiger partial charge < -0.3 is 20.1 Å². The third kappa shape index (κ3) is 5.38. The molecule has 1 fully saturated rings. The second kappa shape index (κ2) is 11.2. The summed E-state index contributed by atoms with van der Waals surface area (Å²) in [5.41, 5.74) is 4.84. The molecule has 0 bridgehead atoms. The summed E-state index contributed by atoms with van der Waals surface area (Å²) in [5.74, 6) is -0.0473. The van der Waals surface area contributed by atoms with Crippen LogP contribution < -0.4 is 10.6 Å². The van der Waals surface area contributed by atoms with E-state index < -0.39 is 0 Å². The van der Waals surface area contributed by atoms with E-state index >= 15 is 0 Å². The maximum Gasteiger partial charge on any atom is 0.226 e. The molecule has 188 valence electrons. The summed E-state index contributed by atoms with van der Waals surface area (Å²) in [4.78, 5) is 19.7. The van der Waals surface area contributed by atoms with Gasteiger partial charge in [0.2, 0.25) is 5.91 Å². The second-order valence-corrected chi connectivity index (χ2v) is 9.73. The van der Waals surface area contributed by atoms with E-state index in [0.29, 0.717) is 23.1 Å². The number of carbonyl (C=O) groups excluding carboxylic acids is 1. The van der Waals surface area contributed by atoms with Crippen molar-refractivity contribution in [3.8, 4) is 5.69 Å². The Morgan fingerprint density at radius 3 is 2.70 bits per heavy atom. The van der Waals surface area contributed by atoms with Gasteiger partial charge in [-0.25, -0.2) is 0 Å². The number of aromatic nitrogens is 2. The van der Waals surface area contributed by atoms with Crippen molar-refractivity contribution in [1.82, 2.24) is 19.8 Å². The highest BCUT2D eigenvalue weighted by Crippen LogP contribution is 2.39. The number of hydrogen-bond donors (Lipinski definition) is 2. The average Bonchev–Trinajstić information content (AvgIpc) is 3.52. The first-order valence-corrected chi connectivity index (χ1v) is 13.1. The first-order valence-electron chi connectivity index (χ1n) is 12.3. The largest absolute Gasteiger partial charge is 0.352 e. The molecule has 0 spiro atoms. The molecular weight excluding hydrogens is 502 g/mol. The zero-order valence-electron chi connectivity index (χ0n) is 20.5. The van der Waals surface area contributed by atoms with Crippen LogP contribution in [-0.2, 0) is 11.2 Å². The summed E-state index contributed by atoms with van der Waals surface area (Å²) in [6.45, 7) is 2.54. The molecule has 0 unspecified atom stereocenters. The second-order valence-electron chi connectivity index (χ2n) is 8.91. The predicted octanol–water partition coefficient (Wildman–Crippen LogP) is 6.09. The Bertz CT molecular complexity index is 1410. The number of aryl methyl sites for hydroxylation is 1. The van der Waals surface area contributed by atoms with Gasteiger partial charge in [-0.2, -0.15) is 0 Å². The number of benzene rings is 2. The molecule has 1 aliphatic rings. The lowest BCUT2D eigenvalue weighted by Gasteiger charge is -2.29. The van der Waals surface area contributed by atoms with E-state index in [1.165, 1.54) is 0 Å². The molecule has 5 rings (SSSR count). The van der Waals surface area contributed by atoms with Crippen molar-refractivity contribution in [3.63, 3.8) is 0 Å². The van der Waals surface area contributed by atoms with Crippen LogP contribution in [0.2, 0.25) is 5.02 Å². The number of anilines is 1. The van der Waals surface area contributed by atoms with Gasteiger partial charge in [-0.05, 0) is 72.7 Å². The summed E-state index contributed by atoms with van der Waals surface area (Å²) in [6, 6.07) is 25.3. The molecule has 0 aliphatic carbocycles. The molecule has 4 aromatic rings. The van der Waals surface area contributed by atoms with Crippen LogP contribution in [0.15, 0.2) is 91.3 Å². The molecule has 3 heterocycles. The van der Waals surface area contributed by atoms with Crippen LogP contribution in [0.25, 0.3) is 5.69 Å². The van der Waals surface area contributed by atoms with Crippen molar-refractivity contribution in [1.29, 1.82) is 0 Å². The normalized spacial score (nSPS) is 17.0. The molecule has 0 radical (unpaired) electrons. The topological polar surface area (TPSA) is 62.2 Å². The minimum absolute atomic E-state index is 0.0473. The number of amides is 1. The average molecular weight is 530 g/mol. The van der Waals surface area contributed by atoms with E-state index in [0.717, 1.165) is 34.7 Å². The van der Waals surface area contributed by atoms with Crippen LogP contribution in [0, 0.1) is 0 Å². The van der Waals surface area contributed by atoms with Gasteiger partial charge in [-0.15, -0.1) is 0 Å². The Morgan fingerprint density at radius 2 is 1.92 bits per heavy atom. The summed E-state index contributed by atoms with van der Waals surface area (Å²) in [5, 5.41) is 7.80. The van der Waals surface area contributed by atoms with E-state index in [4.69, 9.17) is 23.8 Å². The zero-order valence-corrected chi connectivity index (χ0v) is 22.0. The Kier molecular flexibility index (Phi) is 7.53. The highest BCUT2D eigenvalue weighted by Gasteiger charge is 2.41. The maximum absolute atomic E-state index is 13.0. The number of para-hydroxylation sites is 1. The number of nitrogens with one attached hydrogen (secondary N) is 2. The number of carbonyl (C=O) groups is 1. The fourth-order valence-corrected chi connectivity index (χ4v) is 5.37. The van der Waals surface area contributed by atoms with Gasteiger partial charge >= 0.3 is 0 Å². The quantitative estimate of drug-likeness (QED) is 0.270.